The van der Waals surface area contributed by atoms with Crippen LogP contribution in [-0.4, -0.2) is 26.3 Å². The summed E-state index contributed by atoms with van der Waals surface area (Å²) < 4.78 is 5.14. The summed E-state index contributed by atoms with van der Waals surface area (Å²) in [5, 5.41) is 8.85. The number of nitrogens with zero attached hydrogens (tertiary/aromatic N) is 2. The molecule has 0 aromatic heterocycles. The van der Waals surface area contributed by atoms with Crippen molar-refractivity contribution >= 4 is 11.4 Å². The van der Waals surface area contributed by atoms with E-state index < -0.39 is 0 Å². The van der Waals surface area contributed by atoms with E-state index in [1.165, 1.54) is 0 Å². The molecular weight excluding hydrogens is 226 g/mol. The van der Waals surface area contributed by atoms with Crippen molar-refractivity contribution in [3.8, 4) is 6.07 Å². The van der Waals surface area contributed by atoms with Crippen molar-refractivity contribution in [3.63, 3.8) is 0 Å². The maximum Gasteiger partial charge on any atom is 0.0992 e. The zero-order valence-electron chi connectivity index (χ0n) is 11.3. The van der Waals surface area contributed by atoms with E-state index in [2.05, 4.69) is 24.8 Å². The molecule has 2 N–H and O–H groups in total. The molecule has 18 heavy (non-hydrogen) atoms. The van der Waals surface area contributed by atoms with E-state index in [-0.39, 0.29) is 0 Å². The first kappa shape index (κ1) is 14.3. The molecule has 1 atom stereocenters. The zero-order chi connectivity index (χ0) is 13.5. The lowest BCUT2D eigenvalue weighted by molar-refractivity contribution is 0.203. The summed E-state index contributed by atoms with van der Waals surface area (Å²) in [6, 6.07) is 7.91. The van der Waals surface area contributed by atoms with E-state index in [1.54, 1.807) is 19.2 Å². The Bertz CT molecular complexity index is 426. The van der Waals surface area contributed by atoms with Crippen LogP contribution in [0.2, 0.25) is 0 Å². The Morgan fingerprint density at radius 3 is 2.72 bits per heavy atom. The number of benzene rings is 1. The summed E-state index contributed by atoms with van der Waals surface area (Å²) in [5.41, 5.74) is 8.23. The molecule has 0 saturated heterocycles. The molecular formula is C14H21N3O. The fourth-order valence-electron chi connectivity index (χ4n) is 1.87. The average molecular weight is 247 g/mol. The lowest BCUT2D eigenvalue weighted by Gasteiger charge is -2.31. The van der Waals surface area contributed by atoms with Gasteiger partial charge in [0, 0.05) is 19.7 Å². The first-order valence-electron chi connectivity index (χ1n) is 6.19. The number of anilines is 2. The molecule has 0 aliphatic heterocycles. The van der Waals surface area contributed by atoms with E-state index in [0.29, 0.717) is 23.9 Å². The number of hydrogen-bond acceptors (Lipinski definition) is 4. The third-order valence-corrected chi connectivity index (χ3v) is 3.13. The fourth-order valence-corrected chi connectivity index (χ4v) is 1.87. The van der Waals surface area contributed by atoms with Crippen LogP contribution in [0.15, 0.2) is 18.2 Å². The van der Waals surface area contributed by atoms with Crippen LogP contribution >= 0.6 is 0 Å². The smallest absolute Gasteiger partial charge is 0.0992 e. The van der Waals surface area contributed by atoms with Gasteiger partial charge in [-0.1, -0.05) is 6.92 Å². The Morgan fingerprint density at radius 2 is 2.22 bits per heavy atom. The van der Waals surface area contributed by atoms with E-state index in [0.717, 1.165) is 18.7 Å². The molecule has 0 spiro atoms. The maximum atomic E-state index is 8.85. The van der Waals surface area contributed by atoms with Crippen LogP contribution in [0.4, 0.5) is 11.4 Å². The van der Waals surface area contributed by atoms with Gasteiger partial charge in [0.1, 0.15) is 0 Å². The molecule has 0 fully saturated rings. The van der Waals surface area contributed by atoms with Crippen molar-refractivity contribution < 1.29 is 4.74 Å². The van der Waals surface area contributed by atoms with Gasteiger partial charge in [0.15, 0.2) is 0 Å². The quantitative estimate of drug-likeness (QED) is 0.784. The standard InChI is InChI=1S/C14H21N3O/c1-4-11(2)17(7-8-18-3)14-6-5-12(10-15)9-13(14)16/h5-6,9,11H,4,7-8,16H2,1-3H3. The molecule has 0 saturated carbocycles. The maximum absolute atomic E-state index is 8.85. The summed E-state index contributed by atoms with van der Waals surface area (Å²) in [7, 11) is 1.69. The Balaban J connectivity index is 3.01. The predicted molar refractivity (Wildman–Crippen MR) is 74.5 cm³/mol. The summed E-state index contributed by atoms with van der Waals surface area (Å²) in [5.74, 6) is 0. The van der Waals surface area contributed by atoms with E-state index in [1.807, 2.05) is 6.07 Å². The molecule has 4 heteroatoms. The van der Waals surface area contributed by atoms with Gasteiger partial charge in [0.2, 0.25) is 0 Å². The van der Waals surface area contributed by atoms with Crippen LogP contribution in [-0.2, 0) is 4.74 Å². The van der Waals surface area contributed by atoms with Gasteiger partial charge in [0.05, 0.1) is 29.6 Å². The number of nitrogen functional groups attached to an aromatic ring is 1. The van der Waals surface area contributed by atoms with Crippen LogP contribution in [0.1, 0.15) is 25.8 Å². The molecule has 0 aliphatic carbocycles. The molecule has 0 bridgehead atoms. The van der Waals surface area contributed by atoms with Crippen molar-refractivity contribution in [1.29, 1.82) is 5.26 Å². The van der Waals surface area contributed by atoms with Crippen LogP contribution < -0.4 is 10.6 Å². The van der Waals surface area contributed by atoms with E-state index in [9.17, 15) is 0 Å². The summed E-state index contributed by atoms with van der Waals surface area (Å²) >= 11 is 0. The Morgan fingerprint density at radius 1 is 1.50 bits per heavy atom. The molecule has 0 aliphatic rings. The van der Waals surface area contributed by atoms with Gasteiger partial charge in [-0.15, -0.1) is 0 Å². The van der Waals surface area contributed by atoms with Gasteiger partial charge in [0.25, 0.3) is 0 Å². The highest BCUT2D eigenvalue weighted by molar-refractivity contribution is 5.70. The monoisotopic (exact) mass is 247 g/mol. The lowest BCUT2D eigenvalue weighted by atomic mass is 10.1. The highest BCUT2D eigenvalue weighted by Crippen LogP contribution is 2.26. The van der Waals surface area contributed by atoms with Crippen LogP contribution in [0.3, 0.4) is 0 Å². The second-order valence-corrected chi connectivity index (χ2v) is 4.33. The van der Waals surface area contributed by atoms with Crippen molar-refractivity contribution in [3.05, 3.63) is 23.8 Å². The molecule has 1 rings (SSSR count). The van der Waals surface area contributed by atoms with E-state index in [4.69, 9.17) is 15.7 Å². The van der Waals surface area contributed by atoms with Crippen molar-refractivity contribution in [1.82, 2.24) is 0 Å². The van der Waals surface area contributed by atoms with Gasteiger partial charge in [-0.25, -0.2) is 0 Å². The summed E-state index contributed by atoms with van der Waals surface area (Å²) in [6.45, 7) is 5.75. The van der Waals surface area contributed by atoms with Gasteiger partial charge in [-0.2, -0.15) is 5.26 Å². The topological polar surface area (TPSA) is 62.3 Å². The van der Waals surface area contributed by atoms with Crippen molar-refractivity contribution in [2.45, 2.75) is 26.3 Å². The number of nitriles is 1. The second kappa shape index (κ2) is 6.87. The number of hydrogen-bond donors (Lipinski definition) is 1. The summed E-state index contributed by atoms with van der Waals surface area (Å²) in [6.07, 6.45) is 1.03. The molecule has 1 aromatic rings. The first-order chi connectivity index (χ1) is 8.63. The second-order valence-electron chi connectivity index (χ2n) is 4.33. The van der Waals surface area contributed by atoms with Crippen LogP contribution in [0.25, 0.3) is 0 Å². The lowest BCUT2D eigenvalue weighted by Crippen LogP contribution is -2.35. The minimum atomic E-state index is 0.385. The van der Waals surface area contributed by atoms with Gasteiger partial charge in [-0.05, 0) is 31.5 Å². The van der Waals surface area contributed by atoms with Gasteiger partial charge >= 0.3 is 0 Å². The zero-order valence-corrected chi connectivity index (χ0v) is 11.3. The number of methoxy groups -OCH3 is 1. The van der Waals surface area contributed by atoms with Gasteiger partial charge in [-0.3, -0.25) is 0 Å². The molecule has 4 nitrogen and oxygen atoms in total. The van der Waals surface area contributed by atoms with Crippen LogP contribution in [0.5, 0.6) is 0 Å². The Labute approximate surface area is 109 Å². The molecule has 0 radical (unpaired) electrons. The average Bonchev–Trinajstić information content (AvgIpc) is 2.39. The predicted octanol–water partition coefficient (Wildman–Crippen LogP) is 2.39. The van der Waals surface area contributed by atoms with Crippen molar-refractivity contribution in [2.24, 2.45) is 0 Å². The highest BCUT2D eigenvalue weighted by Gasteiger charge is 2.15. The minimum absolute atomic E-state index is 0.385. The number of ether oxygens (including phenoxy) is 1. The molecule has 1 unspecified atom stereocenters. The summed E-state index contributed by atoms with van der Waals surface area (Å²) in [4.78, 5) is 2.22. The SMILES string of the molecule is CCC(C)N(CCOC)c1ccc(C#N)cc1N. The minimum Gasteiger partial charge on any atom is -0.397 e. The molecule has 0 heterocycles. The normalized spacial score (nSPS) is 11.9. The third-order valence-electron chi connectivity index (χ3n) is 3.13. The number of nitrogens with two attached hydrogens (primary N) is 1. The van der Waals surface area contributed by atoms with Crippen molar-refractivity contribution in [2.75, 3.05) is 30.9 Å². The van der Waals surface area contributed by atoms with E-state index >= 15 is 0 Å². The largest absolute Gasteiger partial charge is 0.397 e. The third kappa shape index (κ3) is 3.38. The Hall–Kier alpha value is -1.73. The first-order valence-corrected chi connectivity index (χ1v) is 6.19. The molecule has 1 aromatic carbocycles. The van der Waals surface area contributed by atoms with Gasteiger partial charge < -0.3 is 15.4 Å². The number of rotatable bonds is 6. The molecule has 98 valence electrons. The van der Waals surface area contributed by atoms with Crippen LogP contribution in [0, 0.1) is 11.3 Å². The molecule has 0 amide bonds. The fraction of sp³-hybridized carbons (Fsp3) is 0.500. The highest BCUT2D eigenvalue weighted by atomic mass is 16.5. The Kier molecular flexibility index (Phi) is 5.47.